The second-order valence-corrected chi connectivity index (χ2v) is 7.34. The Morgan fingerprint density at radius 3 is 3.14 bits per heavy atom. The summed E-state index contributed by atoms with van der Waals surface area (Å²) in [7, 11) is 1.63. The number of imidazole rings is 1. The average molecular weight is 382 g/mol. The Morgan fingerprint density at radius 1 is 1.39 bits per heavy atom. The molecular formula is C20H26N6O2. The minimum absolute atomic E-state index is 0.0304. The molecule has 0 spiro atoms. The number of H-pyrrole nitrogens is 2. The third-order valence-corrected chi connectivity index (χ3v) is 5.13. The van der Waals surface area contributed by atoms with Crippen LogP contribution in [0.2, 0.25) is 0 Å². The van der Waals surface area contributed by atoms with E-state index in [1.807, 2.05) is 35.2 Å². The molecule has 0 bridgehead atoms. The maximum atomic E-state index is 12.6. The van der Waals surface area contributed by atoms with Crippen LogP contribution in [0.15, 0.2) is 30.3 Å². The standard InChI is InChI=1S/C20H26N6O2/c1-28-13-16-10-15(24-25-16)11-21-20(27)26-8-4-5-14(12-26)9-19-22-17-6-2-3-7-18(17)23-19/h2-3,6-7,10,14H,4-5,8-9,11-13H2,1H3,(H,21,27)(H,22,23)(H,24,25)/t14-/m0/s1. The number of nitrogens with one attached hydrogen (secondary N) is 3. The SMILES string of the molecule is COCc1cc(CNC(=O)N2CCC[C@@H](Cc3nc4ccccc4[nH]3)C2)[nH]n1. The van der Waals surface area contributed by atoms with Crippen molar-refractivity contribution in [2.24, 2.45) is 5.92 Å². The number of benzene rings is 1. The molecule has 1 aromatic carbocycles. The van der Waals surface area contributed by atoms with Gasteiger partial charge in [0.1, 0.15) is 5.82 Å². The fourth-order valence-electron chi connectivity index (χ4n) is 3.80. The predicted molar refractivity (Wildman–Crippen MR) is 106 cm³/mol. The molecule has 1 fully saturated rings. The molecule has 28 heavy (non-hydrogen) atoms. The second-order valence-electron chi connectivity index (χ2n) is 7.34. The van der Waals surface area contributed by atoms with Gasteiger partial charge in [0.25, 0.3) is 0 Å². The molecule has 0 radical (unpaired) electrons. The zero-order chi connectivity index (χ0) is 19.3. The van der Waals surface area contributed by atoms with Crippen molar-refractivity contribution in [1.29, 1.82) is 0 Å². The minimum atomic E-state index is -0.0304. The van der Waals surface area contributed by atoms with E-state index in [0.29, 0.717) is 19.1 Å². The van der Waals surface area contributed by atoms with Crippen molar-refractivity contribution in [2.45, 2.75) is 32.4 Å². The second kappa shape index (κ2) is 8.43. The summed E-state index contributed by atoms with van der Waals surface area (Å²) < 4.78 is 5.06. The molecule has 148 valence electrons. The van der Waals surface area contributed by atoms with Gasteiger partial charge in [-0.1, -0.05) is 12.1 Å². The van der Waals surface area contributed by atoms with Crippen LogP contribution in [0.4, 0.5) is 4.79 Å². The average Bonchev–Trinajstić information content (AvgIpc) is 3.32. The molecule has 0 unspecified atom stereocenters. The van der Waals surface area contributed by atoms with E-state index in [-0.39, 0.29) is 6.03 Å². The molecule has 4 rings (SSSR count). The molecule has 2 aromatic heterocycles. The number of piperidine rings is 1. The summed E-state index contributed by atoms with van der Waals surface area (Å²) in [6.45, 7) is 2.43. The van der Waals surface area contributed by atoms with Crippen LogP contribution in [-0.2, 0) is 24.3 Å². The maximum Gasteiger partial charge on any atom is 0.317 e. The van der Waals surface area contributed by atoms with Gasteiger partial charge >= 0.3 is 6.03 Å². The van der Waals surface area contributed by atoms with Gasteiger partial charge in [-0.25, -0.2) is 9.78 Å². The molecule has 0 saturated carbocycles. The number of carbonyl (C=O) groups excluding carboxylic acids is 1. The van der Waals surface area contributed by atoms with Gasteiger partial charge in [0.05, 0.1) is 35.6 Å². The third-order valence-electron chi connectivity index (χ3n) is 5.13. The number of amides is 2. The first-order valence-electron chi connectivity index (χ1n) is 9.70. The molecule has 1 aliphatic heterocycles. The van der Waals surface area contributed by atoms with E-state index in [1.54, 1.807) is 7.11 Å². The number of methoxy groups -OCH3 is 1. The number of aromatic nitrogens is 4. The number of fused-ring (bicyclic) bond motifs is 1. The van der Waals surface area contributed by atoms with Gasteiger partial charge in [-0.05, 0) is 37.0 Å². The minimum Gasteiger partial charge on any atom is -0.378 e. The van der Waals surface area contributed by atoms with Gasteiger partial charge in [0.15, 0.2) is 0 Å². The highest BCUT2D eigenvalue weighted by molar-refractivity contribution is 5.75. The molecule has 1 atom stereocenters. The van der Waals surface area contributed by atoms with Crippen LogP contribution in [0.5, 0.6) is 0 Å². The van der Waals surface area contributed by atoms with Crippen LogP contribution >= 0.6 is 0 Å². The number of carbonyl (C=O) groups is 1. The lowest BCUT2D eigenvalue weighted by Gasteiger charge is -2.32. The highest BCUT2D eigenvalue weighted by Crippen LogP contribution is 2.21. The predicted octanol–water partition coefficient (Wildman–Crippen LogP) is 2.60. The summed E-state index contributed by atoms with van der Waals surface area (Å²) in [5, 5.41) is 10.1. The van der Waals surface area contributed by atoms with E-state index >= 15 is 0 Å². The molecule has 8 heteroatoms. The number of para-hydroxylation sites is 2. The summed E-state index contributed by atoms with van der Waals surface area (Å²) in [5.74, 6) is 1.41. The molecule has 3 heterocycles. The van der Waals surface area contributed by atoms with Crippen LogP contribution in [0.3, 0.4) is 0 Å². The number of aromatic amines is 2. The lowest BCUT2D eigenvalue weighted by Crippen LogP contribution is -2.45. The van der Waals surface area contributed by atoms with Crippen LogP contribution in [-0.4, -0.2) is 51.3 Å². The Hall–Kier alpha value is -2.87. The molecular weight excluding hydrogens is 356 g/mol. The summed E-state index contributed by atoms with van der Waals surface area (Å²) in [4.78, 5) is 22.6. The van der Waals surface area contributed by atoms with E-state index in [1.165, 1.54) is 0 Å². The van der Waals surface area contributed by atoms with Gasteiger partial charge in [-0.15, -0.1) is 0 Å². The number of likely N-dealkylation sites (tertiary alicyclic amines) is 1. The van der Waals surface area contributed by atoms with Crippen LogP contribution < -0.4 is 5.32 Å². The zero-order valence-electron chi connectivity index (χ0n) is 16.1. The number of rotatable bonds is 6. The summed E-state index contributed by atoms with van der Waals surface area (Å²) >= 11 is 0. The number of urea groups is 1. The topological polar surface area (TPSA) is 98.9 Å². The van der Waals surface area contributed by atoms with Crippen LogP contribution in [0.1, 0.15) is 30.1 Å². The number of ether oxygens (including phenoxy) is 1. The van der Waals surface area contributed by atoms with Gasteiger partial charge in [-0.3, -0.25) is 5.10 Å². The van der Waals surface area contributed by atoms with E-state index in [2.05, 4.69) is 25.5 Å². The largest absolute Gasteiger partial charge is 0.378 e. The zero-order valence-corrected chi connectivity index (χ0v) is 16.1. The van der Waals surface area contributed by atoms with Crippen molar-refractivity contribution in [3.63, 3.8) is 0 Å². The van der Waals surface area contributed by atoms with Crippen molar-refractivity contribution >= 4 is 17.1 Å². The van der Waals surface area contributed by atoms with Crippen molar-refractivity contribution in [3.8, 4) is 0 Å². The van der Waals surface area contributed by atoms with E-state index in [4.69, 9.17) is 4.74 Å². The molecule has 3 aromatic rings. The van der Waals surface area contributed by atoms with E-state index in [0.717, 1.165) is 60.6 Å². The maximum absolute atomic E-state index is 12.6. The van der Waals surface area contributed by atoms with E-state index in [9.17, 15) is 4.79 Å². The molecule has 1 aliphatic rings. The summed E-state index contributed by atoms with van der Waals surface area (Å²) in [5.41, 5.74) is 3.76. The Bertz CT molecular complexity index is 901. The Labute approximate surface area is 163 Å². The number of hydrogen-bond donors (Lipinski definition) is 3. The normalized spacial score (nSPS) is 17.2. The monoisotopic (exact) mass is 382 g/mol. The van der Waals surface area contributed by atoms with Gasteiger partial charge < -0.3 is 19.9 Å². The van der Waals surface area contributed by atoms with Crippen LogP contribution in [0, 0.1) is 5.92 Å². The first-order valence-corrected chi connectivity index (χ1v) is 9.70. The highest BCUT2D eigenvalue weighted by Gasteiger charge is 2.24. The lowest BCUT2D eigenvalue weighted by molar-refractivity contribution is 0.164. The molecule has 1 saturated heterocycles. The first-order chi connectivity index (χ1) is 13.7. The number of nitrogens with zero attached hydrogens (tertiary/aromatic N) is 3. The molecule has 8 nitrogen and oxygen atoms in total. The Balaban J connectivity index is 1.30. The molecule has 0 aliphatic carbocycles. The smallest absolute Gasteiger partial charge is 0.317 e. The first kappa shape index (κ1) is 18.5. The molecule has 2 amide bonds. The summed E-state index contributed by atoms with van der Waals surface area (Å²) in [6.07, 6.45) is 2.99. The van der Waals surface area contributed by atoms with Crippen molar-refractivity contribution < 1.29 is 9.53 Å². The van der Waals surface area contributed by atoms with E-state index < -0.39 is 0 Å². The fraction of sp³-hybridized carbons (Fsp3) is 0.450. The number of hydrogen-bond acceptors (Lipinski definition) is 4. The Kier molecular flexibility index (Phi) is 5.57. The fourth-order valence-corrected chi connectivity index (χ4v) is 3.80. The van der Waals surface area contributed by atoms with Gasteiger partial charge in [0.2, 0.25) is 0 Å². The van der Waals surface area contributed by atoms with Crippen molar-refractivity contribution in [1.82, 2.24) is 30.4 Å². The van der Waals surface area contributed by atoms with Gasteiger partial charge in [0, 0.05) is 26.6 Å². The Morgan fingerprint density at radius 2 is 2.29 bits per heavy atom. The van der Waals surface area contributed by atoms with Crippen molar-refractivity contribution in [3.05, 3.63) is 47.5 Å². The van der Waals surface area contributed by atoms with Crippen LogP contribution in [0.25, 0.3) is 11.0 Å². The highest BCUT2D eigenvalue weighted by atomic mass is 16.5. The van der Waals surface area contributed by atoms with Gasteiger partial charge in [-0.2, -0.15) is 5.10 Å². The third kappa shape index (κ3) is 4.33. The summed E-state index contributed by atoms with van der Waals surface area (Å²) in [6, 6.07) is 9.94. The lowest BCUT2D eigenvalue weighted by atomic mass is 9.95. The molecule has 3 N–H and O–H groups in total. The van der Waals surface area contributed by atoms with Crippen molar-refractivity contribution in [2.75, 3.05) is 20.2 Å². The quantitative estimate of drug-likeness (QED) is 0.610.